The molecule has 0 heterocycles. The van der Waals surface area contributed by atoms with Gasteiger partial charge >= 0.3 is 0 Å². The van der Waals surface area contributed by atoms with Gasteiger partial charge in [0.2, 0.25) is 0 Å². The Morgan fingerprint density at radius 3 is 2.06 bits per heavy atom. The summed E-state index contributed by atoms with van der Waals surface area (Å²) in [6.07, 6.45) is 1.47. The number of methoxy groups -OCH3 is 1. The maximum Gasteiger partial charge on any atom is 0.188 e. The van der Waals surface area contributed by atoms with Crippen molar-refractivity contribution in [3.05, 3.63) is 114 Å². The highest BCUT2D eigenvalue weighted by molar-refractivity contribution is 5.75. The molecule has 0 unspecified atom stereocenters. The standard InChI is InChI=1S/C28H24O4/c1-30-20-31-28-16-9-22(19-29)18-25(28)17-21-7-12-26(13-8-21)32-27-14-10-24(11-15-27)23-5-3-2-4-6-23/h2-16,18-19H,17,20H2,1H3. The summed E-state index contributed by atoms with van der Waals surface area (Å²) in [5.74, 6) is 2.25. The highest BCUT2D eigenvalue weighted by Gasteiger charge is 2.08. The molecule has 0 spiro atoms. The molecule has 0 radical (unpaired) electrons. The van der Waals surface area contributed by atoms with Crippen molar-refractivity contribution < 1.29 is 19.0 Å². The zero-order valence-corrected chi connectivity index (χ0v) is 17.9. The van der Waals surface area contributed by atoms with Crippen molar-refractivity contribution in [1.29, 1.82) is 0 Å². The molecule has 160 valence electrons. The molecule has 0 saturated heterocycles. The molecular weight excluding hydrogens is 400 g/mol. The van der Waals surface area contributed by atoms with E-state index in [1.165, 1.54) is 5.56 Å². The second-order valence-corrected chi connectivity index (χ2v) is 7.35. The molecule has 4 aromatic carbocycles. The summed E-state index contributed by atoms with van der Waals surface area (Å²) in [5, 5.41) is 0. The fourth-order valence-electron chi connectivity index (χ4n) is 3.45. The Morgan fingerprint density at radius 1 is 0.750 bits per heavy atom. The van der Waals surface area contributed by atoms with E-state index in [-0.39, 0.29) is 6.79 Å². The van der Waals surface area contributed by atoms with Gasteiger partial charge in [-0.2, -0.15) is 0 Å². The molecule has 4 rings (SSSR count). The molecule has 0 bridgehead atoms. The highest BCUT2D eigenvalue weighted by atomic mass is 16.7. The van der Waals surface area contributed by atoms with E-state index in [0.717, 1.165) is 34.5 Å². The van der Waals surface area contributed by atoms with Crippen LogP contribution in [0.3, 0.4) is 0 Å². The van der Waals surface area contributed by atoms with E-state index in [2.05, 4.69) is 24.3 Å². The lowest BCUT2D eigenvalue weighted by Gasteiger charge is -2.12. The summed E-state index contributed by atoms with van der Waals surface area (Å²) in [4.78, 5) is 11.2. The predicted octanol–water partition coefficient (Wildman–Crippen LogP) is 6.53. The topological polar surface area (TPSA) is 44.8 Å². The van der Waals surface area contributed by atoms with Gasteiger partial charge in [-0.05, 0) is 64.7 Å². The van der Waals surface area contributed by atoms with Gasteiger partial charge in [0.25, 0.3) is 0 Å². The zero-order valence-electron chi connectivity index (χ0n) is 17.9. The average molecular weight is 424 g/mol. The molecule has 4 nitrogen and oxygen atoms in total. The Labute approximate surface area is 188 Å². The first-order valence-corrected chi connectivity index (χ1v) is 10.4. The lowest BCUT2D eigenvalue weighted by atomic mass is 10.0. The van der Waals surface area contributed by atoms with Gasteiger partial charge in [-0.15, -0.1) is 0 Å². The lowest BCUT2D eigenvalue weighted by Crippen LogP contribution is -2.03. The first kappa shape index (κ1) is 21.3. The van der Waals surface area contributed by atoms with Gasteiger partial charge in [-0.1, -0.05) is 54.6 Å². The second kappa shape index (κ2) is 10.4. The summed E-state index contributed by atoms with van der Waals surface area (Å²) in [6.45, 7) is 0.156. The molecule has 0 aromatic heterocycles. The number of rotatable bonds is 9. The maximum atomic E-state index is 11.2. The monoisotopic (exact) mass is 424 g/mol. The van der Waals surface area contributed by atoms with E-state index in [1.807, 2.05) is 60.7 Å². The molecule has 0 saturated carbocycles. The minimum atomic E-state index is 0.156. The van der Waals surface area contributed by atoms with Gasteiger partial charge in [0.05, 0.1) is 0 Å². The number of ether oxygens (including phenoxy) is 3. The third-order valence-corrected chi connectivity index (χ3v) is 5.07. The number of hydrogen-bond donors (Lipinski definition) is 0. The van der Waals surface area contributed by atoms with Gasteiger partial charge in [-0.25, -0.2) is 0 Å². The minimum absolute atomic E-state index is 0.156. The van der Waals surface area contributed by atoms with Crippen molar-refractivity contribution >= 4 is 6.29 Å². The first-order chi connectivity index (χ1) is 15.7. The third kappa shape index (κ3) is 5.42. The number of hydrogen-bond acceptors (Lipinski definition) is 4. The van der Waals surface area contributed by atoms with Crippen LogP contribution >= 0.6 is 0 Å². The largest absolute Gasteiger partial charge is 0.467 e. The molecule has 0 aliphatic rings. The van der Waals surface area contributed by atoms with E-state index >= 15 is 0 Å². The van der Waals surface area contributed by atoms with Crippen molar-refractivity contribution in [2.45, 2.75) is 6.42 Å². The molecular formula is C28H24O4. The van der Waals surface area contributed by atoms with E-state index in [1.54, 1.807) is 19.2 Å². The molecule has 32 heavy (non-hydrogen) atoms. The van der Waals surface area contributed by atoms with Crippen LogP contribution in [0.15, 0.2) is 97.1 Å². The maximum absolute atomic E-state index is 11.2. The Bertz CT molecular complexity index is 1150. The summed E-state index contributed by atoms with van der Waals surface area (Å²) >= 11 is 0. The Kier molecular flexibility index (Phi) is 6.95. The van der Waals surface area contributed by atoms with Gasteiger partial charge in [-0.3, -0.25) is 4.79 Å². The Balaban J connectivity index is 1.44. The highest BCUT2D eigenvalue weighted by Crippen LogP contribution is 2.27. The second-order valence-electron chi connectivity index (χ2n) is 7.35. The minimum Gasteiger partial charge on any atom is -0.467 e. The van der Waals surface area contributed by atoms with Crippen molar-refractivity contribution in [1.82, 2.24) is 0 Å². The Morgan fingerprint density at radius 2 is 1.41 bits per heavy atom. The molecule has 0 amide bonds. The number of aldehydes is 1. The lowest BCUT2D eigenvalue weighted by molar-refractivity contribution is 0.0505. The average Bonchev–Trinajstić information content (AvgIpc) is 2.85. The fraction of sp³-hybridized carbons (Fsp3) is 0.107. The van der Waals surface area contributed by atoms with Crippen LogP contribution in [0.5, 0.6) is 17.2 Å². The van der Waals surface area contributed by atoms with Crippen LogP contribution in [0.25, 0.3) is 11.1 Å². The molecule has 4 heteroatoms. The van der Waals surface area contributed by atoms with Crippen LogP contribution in [0.2, 0.25) is 0 Å². The molecule has 0 N–H and O–H groups in total. The normalized spacial score (nSPS) is 10.5. The van der Waals surface area contributed by atoms with Crippen LogP contribution in [-0.4, -0.2) is 20.2 Å². The molecule has 0 aliphatic carbocycles. The molecule has 4 aromatic rings. The molecule has 0 atom stereocenters. The van der Waals surface area contributed by atoms with E-state index < -0.39 is 0 Å². The predicted molar refractivity (Wildman–Crippen MR) is 126 cm³/mol. The summed E-state index contributed by atoms with van der Waals surface area (Å²) in [7, 11) is 1.58. The van der Waals surface area contributed by atoms with Crippen LogP contribution in [-0.2, 0) is 11.2 Å². The first-order valence-electron chi connectivity index (χ1n) is 10.4. The quantitative estimate of drug-likeness (QED) is 0.226. The fourth-order valence-corrected chi connectivity index (χ4v) is 3.45. The van der Waals surface area contributed by atoms with E-state index in [4.69, 9.17) is 14.2 Å². The van der Waals surface area contributed by atoms with Gasteiger partial charge < -0.3 is 14.2 Å². The number of benzene rings is 4. The molecule has 0 aliphatic heterocycles. The van der Waals surface area contributed by atoms with Crippen molar-refractivity contribution in [3.63, 3.8) is 0 Å². The van der Waals surface area contributed by atoms with Crippen LogP contribution < -0.4 is 9.47 Å². The smallest absolute Gasteiger partial charge is 0.188 e. The van der Waals surface area contributed by atoms with E-state index in [0.29, 0.717) is 17.7 Å². The molecule has 0 fully saturated rings. The third-order valence-electron chi connectivity index (χ3n) is 5.07. The van der Waals surface area contributed by atoms with Crippen LogP contribution in [0.4, 0.5) is 0 Å². The van der Waals surface area contributed by atoms with Crippen molar-refractivity contribution in [2.75, 3.05) is 13.9 Å². The number of carbonyl (C=O) groups is 1. The SMILES string of the molecule is COCOc1ccc(C=O)cc1Cc1ccc(Oc2ccc(-c3ccccc3)cc2)cc1. The summed E-state index contributed by atoms with van der Waals surface area (Å²) in [6, 6.07) is 31.6. The van der Waals surface area contributed by atoms with E-state index in [9.17, 15) is 4.79 Å². The summed E-state index contributed by atoms with van der Waals surface area (Å²) in [5.41, 5.74) is 4.95. The van der Waals surface area contributed by atoms with Crippen LogP contribution in [0.1, 0.15) is 21.5 Å². The van der Waals surface area contributed by atoms with Gasteiger partial charge in [0.15, 0.2) is 6.79 Å². The van der Waals surface area contributed by atoms with Gasteiger partial charge in [0, 0.05) is 19.1 Å². The Hall–Kier alpha value is -3.89. The van der Waals surface area contributed by atoms with Crippen molar-refractivity contribution in [3.8, 4) is 28.4 Å². The summed E-state index contributed by atoms with van der Waals surface area (Å²) < 4.78 is 16.6. The van der Waals surface area contributed by atoms with Gasteiger partial charge in [0.1, 0.15) is 23.5 Å². The van der Waals surface area contributed by atoms with Crippen LogP contribution in [0, 0.1) is 0 Å². The number of carbonyl (C=O) groups excluding carboxylic acids is 1. The van der Waals surface area contributed by atoms with Crippen molar-refractivity contribution in [2.24, 2.45) is 0 Å². The zero-order chi connectivity index (χ0) is 22.2.